The molecule has 0 aromatic heterocycles. The molecular weight excluding hydrogens is 266 g/mol. The predicted octanol–water partition coefficient (Wildman–Crippen LogP) is 3.42. The van der Waals surface area contributed by atoms with Gasteiger partial charge in [-0.1, -0.05) is 35.8 Å². The number of likely N-dealkylation sites (N-methyl/N-ethyl adjacent to an activating group) is 1. The summed E-state index contributed by atoms with van der Waals surface area (Å²) in [6.07, 6.45) is 0. The fourth-order valence-corrected chi connectivity index (χ4v) is 1.97. The molecule has 0 bridgehead atoms. The lowest BCUT2D eigenvalue weighted by Gasteiger charge is -2.18. The van der Waals surface area contributed by atoms with Gasteiger partial charge in [-0.05, 0) is 31.2 Å². The zero-order chi connectivity index (χ0) is 12.0. The molecule has 2 nitrogen and oxygen atoms in total. The van der Waals surface area contributed by atoms with Crippen molar-refractivity contribution in [3.8, 4) is 5.75 Å². The number of halogens is 1. The van der Waals surface area contributed by atoms with E-state index in [1.165, 1.54) is 0 Å². The first-order chi connectivity index (χ1) is 7.58. The van der Waals surface area contributed by atoms with E-state index >= 15 is 0 Å². The molecule has 0 atom stereocenters. The van der Waals surface area contributed by atoms with Crippen LogP contribution < -0.4 is 4.74 Å². The Kier molecular flexibility index (Phi) is 5.85. The van der Waals surface area contributed by atoms with Gasteiger partial charge in [0, 0.05) is 17.6 Å². The standard InChI is InChI=1S/C13H20BrNO/c1-11(2)10-15(3)7-8-16-13-6-4-5-12(14)9-13/h4-6,9,11H,7-8,10H2,1-3H3. The van der Waals surface area contributed by atoms with Crippen LogP contribution in [-0.4, -0.2) is 31.6 Å². The first-order valence-corrected chi connectivity index (χ1v) is 6.44. The Morgan fingerprint density at radius 2 is 2.12 bits per heavy atom. The van der Waals surface area contributed by atoms with Crippen molar-refractivity contribution in [1.82, 2.24) is 4.90 Å². The predicted molar refractivity (Wildman–Crippen MR) is 72.0 cm³/mol. The summed E-state index contributed by atoms with van der Waals surface area (Å²) < 4.78 is 6.72. The molecule has 0 saturated carbocycles. The SMILES string of the molecule is CC(C)CN(C)CCOc1cccc(Br)c1. The van der Waals surface area contributed by atoms with Gasteiger partial charge in [-0.2, -0.15) is 0 Å². The molecule has 0 radical (unpaired) electrons. The third-order valence-electron chi connectivity index (χ3n) is 2.21. The van der Waals surface area contributed by atoms with Crippen LogP contribution in [0.4, 0.5) is 0 Å². The van der Waals surface area contributed by atoms with Crippen LogP contribution >= 0.6 is 15.9 Å². The highest BCUT2D eigenvalue weighted by molar-refractivity contribution is 9.10. The zero-order valence-corrected chi connectivity index (χ0v) is 11.8. The molecule has 0 N–H and O–H groups in total. The summed E-state index contributed by atoms with van der Waals surface area (Å²) in [5, 5.41) is 0. The Hall–Kier alpha value is -0.540. The summed E-state index contributed by atoms with van der Waals surface area (Å²) in [5.74, 6) is 1.63. The van der Waals surface area contributed by atoms with Crippen LogP contribution in [0.2, 0.25) is 0 Å². The van der Waals surface area contributed by atoms with Crippen LogP contribution in [0.5, 0.6) is 5.75 Å². The van der Waals surface area contributed by atoms with Gasteiger partial charge in [-0.3, -0.25) is 0 Å². The minimum Gasteiger partial charge on any atom is -0.492 e. The highest BCUT2D eigenvalue weighted by atomic mass is 79.9. The van der Waals surface area contributed by atoms with E-state index in [1.807, 2.05) is 24.3 Å². The minimum absolute atomic E-state index is 0.705. The Labute approximate surface area is 107 Å². The lowest BCUT2D eigenvalue weighted by Crippen LogP contribution is -2.27. The zero-order valence-electron chi connectivity index (χ0n) is 10.2. The van der Waals surface area contributed by atoms with E-state index in [9.17, 15) is 0 Å². The van der Waals surface area contributed by atoms with Gasteiger partial charge in [0.2, 0.25) is 0 Å². The van der Waals surface area contributed by atoms with E-state index in [4.69, 9.17) is 4.74 Å². The second-order valence-corrected chi connectivity index (χ2v) is 5.38. The molecule has 0 aliphatic carbocycles. The first kappa shape index (κ1) is 13.5. The lowest BCUT2D eigenvalue weighted by molar-refractivity contribution is 0.222. The smallest absolute Gasteiger partial charge is 0.120 e. The maximum absolute atomic E-state index is 5.67. The average molecular weight is 286 g/mol. The first-order valence-electron chi connectivity index (χ1n) is 5.65. The Morgan fingerprint density at radius 1 is 1.38 bits per heavy atom. The van der Waals surface area contributed by atoms with Crippen molar-refractivity contribution in [2.45, 2.75) is 13.8 Å². The topological polar surface area (TPSA) is 12.5 Å². The number of benzene rings is 1. The molecule has 0 heterocycles. The fourth-order valence-electron chi connectivity index (χ4n) is 1.59. The van der Waals surface area contributed by atoms with Gasteiger partial charge in [0.1, 0.15) is 12.4 Å². The van der Waals surface area contributed by atoms with Crippen molar-refractivity contribution in [3.05, 3.63) is 28.7 Å². The molecule has 0 aliphatic heterocycles. The molecule has 0 amide bonds. The maximum Gasteiger partial charge on any atom is 0.120 e. The van der Waals surface area contributed by atoms with Gasteiger partial charge in [-0.15, -0.1) is 0 Å². The summed E-state index contributed by atoms with van der Waals surface area (Å²) in [6.45, 7) is 7.27. The highest BCUT2D eigenvalue weighted by Crippen LogP contribution is 2.17. The van der Waals surface area contributed by atoms with Gasteiger partial charge < -0.3 is 9.64 Å². The molecule has 0 saturated heterocycles. The van der Waals surface area contributed by atoms with Crippen molar-refractivity contribution in [3.63, 3.8) is 0 Å². The number of ether oxygens (including phenoxy) is 1. The van der Waals surface area contributed by atoms with Gasteiger partial charge in [0.25, 0.3) is 0 Å². The van der Waals surface area contributed by atoms with Crippen molar-refractivity contribution in [1.29, 1.82) is 0 Å². The molecule has 0 unspecified atom stereocenters. The van der Waals surface area contributed by atoms with Crippen molar-refractivity contribution < 1.29 is 4.74 Å². The average Bonchev–Trinajstić information content (AvgIpc) is 2.16. The summed E-state index contributed by atoms with van der Waals surface area (Å²) >= 11 is 3.43. The molecule has 1 aromatic rings. The monoisotopic (exact) mass is 285 g/mol. The van der Waals surface area contributed by atoms with Crippen molar-refractivity contribution in [2.24, 2.45) is 5.92 Å². The summed E-state index contributed by atoms with van der Waals surface area (Å²) in [5.41, 5.74) is 0. The van der Waals surface area contributed by atoms with Gasteiger partial charge in [0.15, 0.2) is 0 Å². The van der Waals surface area contributed by atoms with E-state index in [1.54, 1.807) is 0 Å². The normalized spacial score (nSPS) is 11.1. The lowest BCUT2D eigenvalue weighted by atomic mass is 10.2. The number of rotatable bonds is 6. The summed E-state index contributed by atoms with van der Waals surface area (Å²) in [7, 11) is 2.13. The third-order valence-corrected chi connectivity index (χ3v) is 2.71. The van der Waals surface area contributed by atoms with Crippen molar-refractivity contribution >= 4 is 15.9 Å². The molecule has 3 heteroatoms. The van der Waals surface area contributed by atoms with Gasteiger partial charge in [0.05, 0.1) is 0 Å². The quantitative estimate of drug-likeness (QED) is 0.794. The van der Waals surface area contributed by atoms with Crippen LogP contribution in [0, 0.1) is 5.92 Å². The minimum atomic E-state index is 0.705. The largest absolute Gasteiger partial charge is 0.492 e. The molecular formula is C13H20BrNO. The second kappa shape index (κ2) is 6.92. The van der Waals surface area contributed by atoms with Gasteiger partial charge in [-0.25, -0.2) is 0 Å². The van der Waals surface area contributed by atoms with E-state index in [0.717, 1.165) is 29.9 Å². The van der Waals surface area contributed by atoms with Crippen LogP contribution in [0.3, 0.4) is 0 Å². The summed E-state index contributed by atoms with van der Waals surface area (Å²) in [6, 6.07) is 7.95. The highest BCUT2D eigenvalue weighted by Gasteiger charge is 2.01. The molecule has 0 aliphatic rings. The Morgan fingerprint density at radius 3 is 2.75 bits per heavy atom. The number of hydrogen-bond acceptors (Lipinski definition) is 2. The van der Waals surface area contributed by atoms with Crippen LogP contribution in [0.25, 0.3) is 0 Å². The summed E-state index contributed by atoms with van der Waals surface area (Å²) in [4.78, 5) is 2.29. The molecule has 90 valence electrons. The van der Waals surface area contributed by atoms with Gasteiger partial charge >= 0.3 is 0 Å². The van der Waals surface area contributed by atoms with E-state index < -0.39 is 0 Å². The van der Waals surface area contributed by atoms with Crippen LogP contribution in [0.1, 0.15) is 13.8 Å². The van der Waals surface area contributed by atoms with Crippen molar-refractivity contribution in [2.75, 3.05) is 26.7 Å². The molecule has 1 rings (SSSR count). The van der Waals surface area contributed by atoms with Crippen LogP contribution in [-0.2, 0) is 0 Å². The molecule has 16 heavy (non-hydrogen) atoms. The van der Waals surface area contributed by atoms with E-state index in [0.29, 0.717) is 5.92 Å². The molecule has 0 spiro atoms. The Balaban J connectivity index is 2.25. The van der Waals surface area contributed by atoms with Crippen LogP contribution in [0.15, 0.2) is 28.7 Å². The Bertz CT molecular complexity index is 315. The third kappa shape index (κ3) is 5.52. The second-order valence-electron chi connectivity index (χ2n) is 4.46. The number of hydrogen-bond donors (Lipinski definition) is 0. The molecule has 1 aromatic carbocycles. The fraction of sp³-hybridized carbons (Fsp3) is 0.538. The molecule has 0 fully saturated rings. The number of nitrogens with zero attached hydrogens (tertiary/aromatic N) is 1. The van der Waals surface area contributed by atoms with E-state index in [-0.39, 0.29) is 0 Å². The maximum atomic E-state index is 5.67. The van der Waals surface area contributed by atoms with E-state index in [2.05, 4.69) is 41.7 Å².